The molecule has 5 heteroatoms. The molecule has 1 aromatic rings. The fourth-order valence-electron chi connectivity index (χ4n) is 2.04. The highest BCUT2D eigenvalue weighted by Crippen LogP contribution is 2.29. The van der Waals surface area contributed by atoms with Crippen LogP contribution in [0.2, 0.25) is 0 Å². The van der Waals surface area contributed by atoms with Crippen molar-refractivity contribution in [2.75, 3.05) is 13.1 Å². The fourth-order valence-corrected chi connectivity index (χ4v) is 3.17. The number of nitrogens with zero attached hydrogens (tertiary/aromatic N) is 1. The van der Waals surface area contributed by atoms with Crippen LogP contribution in [0.4, 0.5) is 0 Å². The minimum atomic E-state index is -0.641. The summed E-state index contributed by atoms with van der Waals surface area (Å²) in [5.41, 5.74) is 0.0629. The van der Waals surface area contributed by atoms with Crippen LogP contribution in [0.3, 0.4) is 0 Å². The molecule has 0 unspecified atom stereocenters. The minimum Gasteiger partial charge on any atom is -0.386 e. The highest BCUT2D eigenvalue weighted by Gasteiger charge is 2.42. The zero-order valence-electron chi connectivity index (χ0n) is 9.07. The van der Waals surface area contributed by atoms with Gasteiger partial charge >= 0.3 is 0 Å². The first kappa shape index (κ1) is 12.1. The second-order valence-electron chi connectivity index (χ2n) is 4.28. The molecule has 1 aliphatic rings. The Morgan fingerprint density at radius 3 is 2.88 bits per heavy atom. The first-order valence-corrected chi connectivity index (χ1v) is 6.97. The second kappa shape index (κ2) is 4.47. The van der Waals surface area contributed by atoms with Gasteiger partial charge in [-0.1, -0.05) is 13.3 Å². The molecule has 1 amide bonds. The summed E-state index contributed by atoms with van der Waals surface area (Å²) in [6, 6.07) is 1.82. The van der Waals surface area contributed by atoms with Crippen LogP contribution in [0.5, 0.6) is 0 Å². The Hall–Kier alpha value is -0.390. The predicted octanol–water partition coefficient (Wildman–Crippen LogP) is 2.50. The fraction of sp³-hybridized carbons (Fsp3) is 0.545. The van der Waals surface area contributed by atoms with Crippen molar-refractivity contribution < 1.29 is 9.90 Å². The number of amides is 1. The van der Waals surface area contributed by atoms with Crippen molar-refractivity contribution in [1.29, 1.82) is 0 Å². The molecule has 0 bridgehead atoms. The maximum Gasteiger partial charge on any atom is 0.254 e. The maximum atomic E-state index is 11.9. The molecule has 1 aromatic heterocycles. The van der Waals surface area contributed by atoms with Crippen LogP contribution in [0.25, 0.3) is 0 Å². The number of halogens is 1. The summed E-state index contributed by atoms with van der Waals surface area (Å²) in [4.78, 5) is 13.6. The molecule has 1 aliphatic heterocycles. The van der Waals surface area contributed by atoms with Crippen molar-refractivity contribution in [2.45, 2.75) is 25.4 Å². The molecule has 0 spiro atoms. The van der Waals surface area contributed by atoms with Crippen molar-refractivity contribution in [3.8, 4) is 0 Å². The first-order chi connectivity index (χ1) is 7.54. The topological polar surface area (TPSA) is 40.5 Å². The Morgan fingerprint density at radius 1 is 1.69 bits per heavy atom. The van der Waals surface area contributed by atoms with E-state index < -0.39 is 5.60 Å². The average Bonchev–Trinajstić information content (AvgIpc) is 2.60. The summed E-state index contributed by atoms with van der Waals surface area (Å²) in [6.07, 6.45) is 1.71. The zero-order valence-corrected chi connectivity index (χ0v) is 11.5. The average molecular weight is 304 g/mol. The molecular formula is C11H14BrNO2S. The summed E-state index contributed by atoms with van der Waals surface area (Å²) in [5.74, 6) is 0.0164. The lowest BCUT2D eigenvalue weighted by Crippen LogP contribution is -2.63. The lowest BCUT2D eigenvalue weighted by Gasteiger charge is -2.46. The maximum absolute atomic E-state index is 11.9. The number of hydrogen-bond donors (Lipinski definition) is 1. The van der Waals surface area contributed by atoms with E-state index in [9.17, 15) is 9.90 Å². The highest BCUT2D eigenvalue weighted by molar-refractivity contribution is 9.11. The number of carbonyl (C=O) groups excluding carboxylic acids is 1. The van der Waals surface area contributed by atoms with Crippen LogP contribution in [0.1, 0.15) is 30.1 Å². The van der Waals surface area contributed by atoms with E-state index in [2.05, 4.69) is 15.9 Å². The van der Waals surface area contributed by atoms with Crippen molar-refractivity contribution >= 4 is 33.2 Å². The SMILES string of the molecule is CCCC1(O)CN(C(=O)c2csc(Br)c2)C1. The smallest absolute Gasteiger partial charge is 0.254 e. The van der Waals surface area contributed by atoms with Gasteiger partial charge in [0.2, 0.25) is 0 Å². The number of β-amino-alcohol motifs (C(OH)–C–C–N with tert-alkyl or cyclic N) is 1. The third-order valence-corrected chi connectivity index (χ3v) is 4.29. The van der Waals surface area contributed by atoms with Gasteiger partial charge in [0.1, 0.15) is 0 Å². The largest absolute Gasteiger partial charge is 0.386 e. The van der Waals surface area contributed by atoms with Gasteiger partial charge in [0.05, 0.1) is 28.0 Å². The molecule has 16 heavy (non-hydrogen) atoms. The van der Waals surface area contributed by atoms with E-state index in [4.69, 9.17) is 0 Å². The van der Waals surface area contributed by atoms with Crippen molar-refractivity contribution in [3.05, 3.63) is 20.8 Å². The lowest BCUT2D eigenvalue weighted by atomic mass is 9.89. The molecule has 0 aromatic carbocycles. The van der Waals surface area contributed by atoms with Gasteiger partial charge in [-0.15, -0.1) is 11.3 Å². The number of carbonyl (C=O) groups is 1. The Balaban J connectivity index is 1.95. The Labute approximate surface area is 107 Å². The predicted molar refractivity (Wildman–Crippen MR) is 67.8 cm³/mol. The number of likely N-dealkylation sites (tertiary alicyclic amines) is 1. The van der Waals surface area contributed by atoms with Gasteiger partial charge in [0.25, 0.3) is 5.91 Å². The molecular weight excluding hydrogens is 290 g/mol. The second-order valence-corrected chi connectivity index (χ2v) is 6.57. The van der Waals surface area contributed by atoms with Crippen LogP contribution in [0.15, 0.2) is 15.2 Å². The van der Waals surface area contributed by atoms with E-state index in [-0.39, 0.29) is 5.91 Å². The van der Waals surface area contributed by atoms with Crippen LogP contribution in [-0.4, -0.2) is 34.6 Å². The van der Waals surface area contributed by atoms with Crippen LogP contribution >= 0.6 is 27.3 Å². The molecule has 88 valence electrons. The van der Waals surface area contributed by atoms with Crippen molar-refractivity contribution in [3.63, 3.8) is 0 Å². The van der Waals surface area contributed by atoms with Crippen LogP contribution < -0.4 is 0 Å². The molecule has 2 heterocycles. The molecule has 1 saturated heterocycles. The summed E-state index contributed by atoms with van der Waals surface area (Å²) < 4.78 is 0.959. The van der Waals surface area contributed by atoms with Gasteiger partial charge in [-0.2, -0.15) is 0 Å². The third-order valence-electron chi connectivity index (χ3n) is 2.79. The zero-order chi connectivity index (χ0) is 11.8. The number of hydrogen-bond acceptors (Lipinski definition) is 3. The van der Waals surface area contributed by atoms with E-state index in [0.717, 1.165) is 16.6 Å². The minimum absolute atomic E-state index is 0.0164. The van der Waals surface area contributed by atoms with E-state index in [1.54, 1.807) is 4.90 Å². The quantitative estimate of drug-likeness (QED) is 0.932. The molecule has 0 aliphatic carbocycles. The van der Waals surface area contributed by atoms with Gasteiger partial charge in [0.15, 0.2) is 0 Å². The molecule has 2 rings (SSSR count). The van der Waals surface area contributed by atoms with Crippen molar-refractivity contribution in [2.24, 2.45) is 0 Å². The molecule has 0 radical (unpaired) electrons. The highest BCUT2D eigenvalue weighted by atomic mass is 79.9. The number of aliphatic hydroxyl groups is 1. The van der Waals surface area contributed by atoms with Gasteiger partial charge in [-0.05, 0) is 28.4 Å². The van der Waals surface area contributed by atoms with Crippen molar-refractivity contribution in [1.82, 2.24) is 4.90 Å². The van der Waals surface area contributed by atoms with E-state index in [0.29, 0.717) is 18.7 Å². The van der Waals surface area contributed by atoms with E-state index in [1.807, 2.05) is 18.4 Å². The molecule has 3 nitrogen and oxygen atoms in total. The summed E-state index contributed by atoms with van der Waals surface area (Å²) in [6.45, 7) is 2.97. The molecule has 1 fully saturated rings. The van der Waals surface area contributed by atoms with Gasteiger partial charge in [0, 0.05) is 5.38 Å². The van der Waals surface area contributed by atoms with Crippen LogP contribution in [-0.2, 0) is 0 Å². The van der Waals surface area contributed by atoms with E-state index in [1.165, 1.54) is 11.3 Å². The van der Waals surface area contributed by atoms with Gasteiger partial charge < -0.3 is 10.0 Å². The summed E-state index contributed by atoms with van der Waals surface area (Å²) in [5, 5.41) is 11.8. The first-order valence-electron chi connectivity index (χ1n) is 5.30. The molecule has 0 atom stereocenters. The monoisotopic (exact) mass is 303 g/mol. The molecule has 0 saturated carbocycles. The number of rotatable bonds is 3. The Morgan fingerprint density at radius 2 is 2.38 bits per heavy atom. The lowest BCUT2D eigenvalue weighted by molar-refractivity contribution is -0.0859. The summed E-state index contributed by atoms with van der Waals surface area (Å²) in [7, 11) is 0. The number of thiophene rings is 1. The summed E-state index contributed by atoms with van der Waals surface area (Å²) >= 11 is 4.84. The van der Waals surface area contributed by atoms with E-state index >= 15 is 0 Å². The Bertz CT molecular complexity index is 398. The third kappa shape index (κ3) is 2.31. The Kier molecular flexibility index (Phi) is 3.37. The molecule has 1 N–H and O–H groups in total. The standard InChI is InChI=1S/C11H14BrNO2S/c1-2-3-11(15)6-13(7-11)10(14)8-4-9(12)16-5-8/h4-5,15H,2-3,6-7H2,1H3. The normalized spacial score (nSPS) is 18.3. The van der Waals surface area contributed by atoms with Gasteiger partial charge in [-0.25, -0.2) is 0 Å². The van der Waals surface area contributed by atoms with Gasteiger partial charge in [-0.3, -0.25) is 4.79 Å². The van der Waals surface area contributed by atoms with Crippen LogP contribution in [0, 0.1) is 0 Å².